The van der Waals surface area contributed by atoms with Crippen LogP contribution in [0.2, 0.25) is 0 Å². The minimum absolute atomic E-state index is 0.210. The number of nitrogens with one attached hydrogen (secondary N) is 1. The smallest absolute Gasteiger partial charge is 0.355 e. The Morgan fingerprint density at radius 2 is 2.07 bits per heavy atom. The predicted molar refractivity (Wildman–Crippen MR) is 120 cm³/mol. The highest BCUT2D eigenvalue weighted by molar-refractivity contribution is 9.10. The SMILES string of the molecule is Cc1cccc(Cc2nc(Br)cnc2N/C(=C/c2ccco2)C(=O)OC(C)(C)C)c1. The van der Waals surface area contributed by atoms with Gasteiger partial charge in [-0.1, -0.05) is 29.8 Å². The quantitative estimate of drug-likeness (QED) is 0.377. The van der Waals surface area contributed by atoms with Crippen LogP contribution in [0.1, 0.15) is 43.4 Å². The van der Waals surface area contributed by atoms with Crippen molar-refractivity contribution in [1.82, 2.24) is 9.97 Å². The molecule has 2 aromatic heterocycles. The highest BCUT2D eigenvalue weighted by Gasteiger charge is 2.22. The second-order valence-corrected chi connectivity index (χ2v) is 8.67. The van der Waals surface area contributed by atoms with E-state index in [1.54, 1.807) is 30.7 Å². The molecule has 0 saturated carbocycles. The third-order valence-corrected chi connectivity index (χ3v) is 4.35. The standard InChI is InChI=1S/C23H24BrN3O3/c1-15-7-5-8-16(11-15)12-18-21(25-14-20(24)26-18)27-19(13-17-9-6-10-29-17)22(28)30-23(2,3)4/h5-11,13-14H,12H2,1-4H3,(H,25,27)/b19-13+. The summed E-state index contributed by atoms with van der Waals surface area (Å²) in [6.07, 6.45) is 5.27. The maximum absolute atomic E-state index is 12.8. The van der Waals surface area contributed by atoms with Crippen molar-refractivity contribution >= 4 is 33.8 Å². The summed E-state index contributed by atoms with van der Waals surface area (Å²) < 4.78 is 11.5. The van der Waals surface area contributed by atoms with E-state index < -0.39 is 11.6 Å². The van der Waals surface area contributed by atoms with Crippen molar-refractivity contribution in [3.8, 4) is 0 Å². The van der Waals surface area contributed by atoms with Crippen molar-refractivity contribution in [2.75, 3.05) is 5.32 Å². The molecule has 0 unspecified atom stereocenters. The van der Waals surface area contributed by atoms with Gasteiger partial charge in [-0.25, -0.2) is 14.8 Å². The Balaban J connectivity index is 1.95. The second-order valence-electron chi connectivity index (χ2n) is 7.85. The average Bonchev–Trinajstić information content (AvgIpc) is 3.15. The molecular formula is C23H24BrN3O3. The Bertz CT molecular complexity index is 1050. The summed E-state index contributed by atoms with van der Waals surface area (Å²) in [6.45, 7) is 7.50. The Morgan fingerprint density at radius 1 is 1.27 bits per heavy atom. The third kappa shape index (κ3) is 6.29. The molecule has 0 aliphatic heterocycles. The van der Waals surface area contributed by atoms with Crippen LogP contribution in [-0.4, -0.2) is 21.5 Å². The van der Waals surface area contributed by atoms with Crippen LogP contribution in [0, 0.1) is 6.92 Å². The van der Waals surface area contributed by atoms with E-state index in [1.807, 2.05) is 45.9 Å². The largest absolute Gasteiger partial charge is 0.465 e. The minimum atomic E-state index is -0.642. The number of halogens is 1. The van der Waals surface area contributed by atoms with E-state index in [9.17, 15) is 4.79 Å². The highest BCUT2D eigenvalue weighted by Crippen LogP contribution is 2.22. The fourth-order valence-electron chi connectivity index (χ4n) is 2.77. The Kier molecular flexibility index (Phi) is 6.72. The van der Waals surface area contributed by atoms with Crippen LogP contribution in [0.4, 0.5) is 5.82 Å². The molecule has 0 atom stereocenters. The normalized spacial score (nSPS) is 12.0. The van der Waals surface area contributed by atoms with Crippen molar-refractivity contribution in [2.45, 2.75) is 39.7 Å². The van der Waals surface area contributed by atoms with Gasteiger partial charge in [0.1, 0.15) is 21.7 Å². The number of carbonyl (C=O) groups is 1. The molecule has 7 heteroatoms. The Hall–Kier alpha value is -2.93. The molecule has 0 fully saturated rings. The molecule has 0 radical (unpaired) electrons. The summed E-state index contributed by atoms with van der Waals surface area (Å²) in [5.41, 5.74) is 2.53. The maximum Gasteiger partial charge on any atom is 0.355 e. The number of furan rings is 1. The van der Waals surface area contributed by atoms with Crippen molar-refractivity contribution in [1.29, 1.82) is 0 Å². The number of aryl methyl sites for hydroxylation is 1. The molecule has 1 N–H and O–H groups in total. The lowest BCUT2D eigenvalue weighted by molar-refractivity contribution is -0.149. The molecule has 3 rings (SSSR count). The zero-order valence-electron chi connectivity index (χ0n) is 17.4. The van der Waals surface area contributed by atoms with E-state index in [-0.39, 0.29) is 5.70 Å². The molecule has 0 aliphatic rings. The fraction of sp³-hybridized carbons (Fsp3) is 0.261. The number of aromatic nitrogens is 2. The van der Waals surface area contributed by atoms with Gasteiger partial charge >= 0.3 is 5.97 Å². The molecule has 0 amide bonds. The van der Waals surface area contributed by atoms with Gasteiger partial charge in [-0.15, -0.1) is 0 Å². The first-order valence-electron chi connectivity index (χ1n) is 9.52. The number of ether oxygens (including phenoxy) is 1. The Labute approximate surface area is 184 Å². The molecule has 0 bridgehead atoms. The van der Waals surface area contributed by atoms with Gasteiger partial charge in [0.25, 0.3) is 0 Å². The first-order valence-corrected chi connectivity index (χ1v) is 10.3. The number of carbonyl (C=O) groups excluding carboxylic acids is 1. The number of esters is 1. The van der Waals surface area contributed by atoms with Crippen LogP contribution in [0.5, 0.6) is 0 Å². The van der Waals surface area contributed by atoms with Crippen LogP contribution >= 0.6 is 15.9 Å². The van der Waals surface area contributed by atoms with Crippen LogP contribution in [0.15, 0.2) is 63.6 Å². The summed E-state index contributed by atoms with van der Waals surface area (Å²) in [7, 11) is 0. The van der Waals surface area contributed by atoms with Crippen molar-refractivity contribution < 1.29 is 13.9 Å². The van der Waals surface area contributed by atoms with Gasteiger partial charge in [-0.2, -0.15) is 0 Å². The third-order valence-electron chi connectivity index (χ3n) is 3.97. The number of benzene rings is 1. The van der Waals surface area contributed by atoms with Crippen molar-refractivity contribution in [3.05, 3.63) is 81.7 Å². The minimum Gasteiger partial charge on any atom is -0.465 e. The van der Waals surface area contributed by atoms with E-state index in [2.05, 4.69) is 37.3 Å². The van der Waals surface area contributed by atoms with E-state index in [0.29, 0.717) is 28.3 Å². The van der Waals surface area contributed by atoms with Gasteiger partial charge in [0.15, 0.2) is 5.82 Å². The van der Waals surface area contributed by atoms with Gasteiger partial charge in [-0.3, -0.25) is 0 Å². The summed E-state index contributed by atoms with van der Waals surface area (Å²) in [5.74, 6) is 0.488. The zero-order chi connectivity index (χ0) is 21.7. The fourth-order valence-corrected chi connectivity index (χ4v) is 3.08. The molecule has 6 nitrogen and oxygen atoms in total. The Morgan fingerprint density at radius 3 is 2.73 bits per heavy atom. The average molecular weight is 470 g/mol. The molecule has 0 aliphatic carbocycles. The van der Waals surface area contributed by atoms with E-state index >= 15 is 0 Å². The first-order chi connectivity index (χ1) is 14.2. The number of hydrogen-bond donors (Lipinski definition) is 1. The second kappa shape index (κ2) is 9.26. The summed E-state index contributed by atoms with van der Waals surface area (Å²) in [4.78, 5) is 21.8. The molecule has 1 aromatic carbocycles. The van der Waals surface area contributed by atoms with Crippen LogP contribution in [0.25, 0.3) is 6.08 Å². The van der Waals surface area contributed by atoms with Crippen LogP contribution in [-0.2, 0) is 16.0 Å². The van der Waals surface area contributed by atoms with Crippen molar-refractivity contribution in [3.63, 3.8) is 0 Å². The molecule has 2 heterocycles. The lowest BCUT2D eigenvalue weighted by Crippen LogP contribution is -2.27. The van der Waals surface area contributed by atoms with Gasteiger partial charge in [0, 0.05) is 12.5 Å². The number of anilines is 1. The highest BCUT2D eigenvalue weighted by atomic mass is 79.9. The zero-order valence-corrected chi connectivity index (χ0v) is 19.0. The number of rotatable bonds is 6. The summed E-state index contributed by atoms with van der Waals surface area (Å²) in [5, 5.41) is 3.10. The molecular weight excluding hydrogens is 446 g/mol. The molecule has 30 heavy (non-hydrogen) atoms. The van der Waals surface area contributed by atoms with Crippen molar-refractivity contribution in [2.24, 2.45) is 0 Å². The van der Waals surface area contributed by atoms with Gasteiger partial charge < -0.3 is 14.5 Å². The van der Waals surface area contributed by atoms with Crippen LogP contribution < -0.4 is 5.32 Å². The monoisotopic (exact) mass is 469 g/mol. The van der Waals surface area contributed by atoms with Gasteiger partial charge in [0.2, 0.25) is 0 Å². The maximum atomic E-state index is 12.8. The van der Waals surface area contributed by atoms with E-state index in [1.165, 1.54) is 0 Å². The van der Waals surface area contributed by atoms with Crippen LogP contribution in [0.3, 0.4) is 0 Å². The molecule has 0 saturated heterocycles. The first kappa shape index (κ1) is 21.8. The topological polar surface area (TPSA) is 77.3 Å². The van der Waals surface area contributed by atoms with E-state index in [0.717, 1.165) is 11.1 Å². The molecule has 3 aromatic rings. The number of hydrogen-bond acceptors (Lipinski definition) is 6. The summed E-state index contributed by atoms with van der Waals surface area (Å²) >= 11 is 3.39. The van der Waals surface area contributed by atoms with E-state index in [4.69, 9.17) is 9.15 Å². The van der Waals surface area contributed by atoms with Gasteiger partial charge in [0.05, 0.1) is 18.2 Å². The number of nitrogens with zero attached hydrogens (tertiary/aromatic N) is 2. The lowest BCUT2D eigenvalue weighted by Gasteiger charge is -2.21. The van der Waals surface area contributed by atoms with Gasteiger partial charge in [-0.05, 0) is 61.3 Å². The molecule has 156 valence electrons. The lowest BCUT2D eigenvalue weighted by atomic mass is 10.1. The molecule has 0 spiro atoms. The predicted octanol–water partition coefficient (Wildman–Crippen LogP) is 5.53. The summed E-state index contributed by atoms with van der Waals surface area (Å²) in [6, 6.07) is 11.7.